The van der Waals surface area contributed by atoms with E-state index >= 15 is 0 Å². The van der Waals surface area contributed by atoms with E-state index in [2.05, 4.69) is 0 Å². The molecule has 106 valence electrons. The molecule has 1 aliphatic carbocycles. The summed E-state index contributed by atoms with van der Waals surface area (Å²) in [4.78, 5) is 24.2. The number of benzene rings is 2. The molecule has 0 atom stereocenters. The van der Waals surface area contributed by atoms with Gasteiger partial charge in [0.05, 0.1) is 0 Å². The molecule has 3 nitrogen and oxygen atoms in total. The van der Waals surface area contributed by atoms with Crippen molar-refractivity contribution in [2.75, 3.05) is 13.2 Å². The van der Waals surface area contributed by atoms with Gasteiger partial charge in [-0.2, -0.15) is 0 Å². The molecule has 0 saturated carbocycles. The molecule has 0 aromatic heterocycles. The molecule has 0 unspecified atom stereocenters. The quantitative estimate of drug-likeness (QED) is 0.635. The molecule has 1 fully saturated rings. The standard InChI is InChI=1S/C14H8O2.C4H8O/c15-13-9-5-1-2-6-10(9)14(16)12-8-4-3-7-11(12)13;1-2-4-5-3-1/h1-8H;1-4H2. The van der Waals surface area contributed by atoms with Crippen LogP contribution in [0.5, 0.6) is 0 Å². The summed E-state index contributed by atoms with van der Waals surface area (Å²) in [6.45, 7) is 2.00. The van der Waals surface area contributed by atoms with Crippen LogP contribution in [0.15, 0.2) is 48.5 Å². The maximum absolute atomic E-state index is 12.1. The lowest BCUT2D eigenvalue weighted by atomic mass is 9.84. The first kappa shape index (κ1) is 13.7. The van der Waals surface area contributed by atoms with Gasteiger partial charge in [0.25, 0.3) is 0 Å². The Labute approximate surface area is 123 Å². The molecule has 1 aliphatic heterocycles. The van der Waals surface area contributed by atoms with Crippen molar-refractivity contribution in [3.63, 3.8) is 0 Å². The van der Waals surface area contributed by atoms with Gasteiger partial charge in [-0.1, -0.05) is 48.5 Å². The first-order chi connectivity index (χ1) is 10.3. The van der Waals surface area contributed by atoms with Crippen molar-refractivity contribution < 1.29 is 14.3 Å². The van der Waals surface area contributed by atoms with Crippen molar-refractivity contribution in [3.05, 3.63) is 70.8 Å². The molecule has 0 bridgehead atoms. The van der Waals surface area contributed by atoms with Gasteiger partial charge in [0.1, 0.15) is 0 Å². The second kappa shape index (κ2) is 6.02. The van der Waals surface area contributed by atoms with Crippen molar-refractivity contribution >= 4 is 11.6 Å². The van der Waals surface area contributed by atoms with Gasteiger partial charge in [-0.05, 0) is 12.8 Å². The Morgan fingerprint density at radius 3 is 1.19 bits per heavy atom. The normalized spacial score (nSPS) is 15.8. The molecule has 0 radical (unpaired) electrons. The molecule has 3 heteroatoms. The Morgan fingerprint density at radius 1 is 0.619 bits per heavy atom. The topological polar surface area (TPSA) is 43.4 Å². The van der Waals surface area contributed by atoms with E-state index < -0.39 is 0 Å². The highest BCUT2D eigenvalue weighted by Gasteiger charge is 2.28. The monoisotopic (exact) mass is 280 g/mol. The Morgan fingerprint density at radius 2 is 0.952 bits per heavy atom. The number of hydrogen-bond donors (Lipinski definition) is 0. The summed E-state index contributed by atoms with van der Waals surface area (Å²) in [6, 6.07) is 13.9. The van der Waals surface area contributed by atoms with Crippen LogP contribution in [0.3, 0.4) is 0 Å². The number of rotatable bonds is 0. The van der Waals surface area contributed by atoms with E-state index in [1.54, 1.807) is 48.5 Å². The second-order valence-electron chi connectivity index (χ2n) is 5.07. The van der Waals surface area contributed by atoms with Crippen LogP contribution in [0.1, 0.15) is 44.7 Å². The van der Waals surface area contributed by atoms with Gasteiger partial charge >= 0.3 is 0 Å². The molecule has 0 amide bonds. The summed E-state index contributed by atoms with van der Waals surface area (Å²) >= 11 is 0. The Hall–Kier alpha value is -2.26. The molecule has 21 heavy (non-hydrogen) atoms. The Bertz CT molecular complexity index is 571. The zero-order valence-corrected chi connectivity index (χ0v) is 11.7. The third-order valence-electron chi connectivity index (χ3n) is 3.66. The number of hydrogen-bond acceptors (Lipinski definition) is 3. The van der Waals surface area contributed by atoms with Gasteiger partial charge in [0, 0.05) is 35.5 Å². The minimum absolute atomic E-state index is 0.0641. The second-order valence-corrected chi connectivity index (χ2v) is 5.07. The SMILES string of the molecule is C1CCOC1.O=C1c2ccccc2C(=O)c2ccccc21. The van der Waals surface area contributed by atoms with E-state index in [4.69, 9.17) is 4.74 Å². The maximum Gasteiger partial charge on any atom is 0.194 e. The van der Waals surface area contributed by atoms with Crippen LogP contribution < -0.4 is 0 Å². The number of ether oxygens (including phenoxy) is 1. The third kappa shape index (κ3) is 2.65. The van der Waals surface area contributed by atoms with E-state index in [0.717, 1.165) is 13.2 Å². The fourth-order valence-corrected chi connectivity index (χ4v) is 2.56. The van der Waals surface area contributed by atoms with Gasteiger partial charge in [0.15, 0.2) is 11.6 Å². The largest absolute Gasteiger partial charge is 0.381 e. The molecule has 2 aromatic carbocycles. The van der Waals surface area contributed by atoms with E-state index in [1.807, 2.05) is 0 Å². The molecule has 2 aromatic rings. The fourth-order valence-electron chi connectivity index (χ4n) is 2.56. The number of fused-ring (bicyclic) bond motifs is 2. The van der Waals surface area contributed by atoms with E-state index in [1.165, 1.54) is 12.8 Å². The summed E-state index contributed by atoms with van der Waals surface area (Å²) in [7, 11) is 0. The summed E-state index contributed by atoms with van der Waals surface area (Å²) < 4.78 is 4.94. The molecule has 1 saturated heterocycles. The molecule has 0 N–H and O–H groups in total. The average molecular weight is 280 g/mol. The number of carbonyl (C=O) groups excluding carboxylic acids is 2. The Balaban J connectivity index is 0.000000225. The molecule has 2 aliphatic rings. The zero-order chi connectivity index (χ0) is 14.7. The third-order valence-corrected chi connectivity index (χ3v) is 3.66. The molecular weight excluding hydrogens is 264 g/mol. The Kier molecular flexibility index (Phi) is 3.93. The minimum Gasteiger partial charge on any atom is -0.381 e. The highest BCUT2D eigenvalue weighted by molar-refractivity contribution is 6.28. The smallest absolute Gasteiger partial charge is 0.194 e. The van der Waals surface area contributed by atoms with Crippen LogP contribution in [0.25, 0.3) is 0 Å². The summed E-state index contributed by atoms with van der Waals surface area (Å²) in [5, 5.41) is 0. The van der Waals surface area contributed by atoms with Gasteiger partial charge < -0.3 is 4.74 Å². The highest BCUT2D eigenvalue weighted by Crippen LogP contribution is 2.26. The fraction of sp³-hybridized carbons (Fsp3) is 0.222. The van der Waals surface area contributed by atoms with Crippen LogP contribution in [-0.2, 0) is 4.74 Å². The van der Waals surface area contributed by atoms with Crippen molar-refractivity contribution in [2.24, 2.45) is 0 Å². The summed E-state index contributed by atoms with van der Waals surface area (Å²) in [6.07, 6.45) is 2.56. The average Bonchev–Trinajstić information content (AvgIpc) is 3.12. The predicted octanol–water partition coefficient (Wildman–Crippen LogP) is 3.26. The molecule has 1 heterocycles. The van der Waals surface area contributed by atoms with Gasteiger partial charge in [-0.15, -0.1) is 0 Å². The van der Waals surface area contributed by atoms with Crippen molar-refractivity contribution in [2.45, 2.75) is 12.8 Å². The van der Waals surface area contributed by atoms with Crippen molar-refractivity contribution in [1.82, 2.24) is 0 Å². The maximum atomic E-state index is 12.1. The van der Waals surface area contributed by atoms with E-state index in [9.17, 15) is 9.59 Å². The molecular formula is C18H16O3. The van der Waals surface area contributed by atoms with Gasteiger partial charge in [0.2, 0.25) is 0 Å². The number of ketones is 2. The molecule has 0 spiro atoms. The molecule has 4 rings (SSSR count). The minimum atomic E-state index is -0.0641. The van der Waals surface area contributed by atoms with Gasteiger partial charge in [-0.25, -0.2) is 0 Å². The van der Waals surface area contributed by atoms with Gasteiger partial charge in [-0.3, -0.25) is 9.59 Å². The number of carbonyl (C=O) groups is 2. The summed E-state index contributed by atoms with van der Waals surface area (Å²) in [5.74, 6) is -0.128. The van der Waals surface area contributed by atoms with E-state index in [0.29, 0.717) is 22.3 Å². The van der Waals surface area contributed by atoms with Crippen LogP contribution in [0.2, 0.25) is 0 Å². The highest BCUT2D eigenvalue weighted by atomic mass is 16.5. The van der Waals surface area contributed by atoms with Crippen LogP contribution in [-0.4, -0.2) is 24.8 Å². The lowest BCUT2D eigenvalue weighted by Crippen LogP contribution is -2.20. The van der Waals surface area contributed by atoms with Crippen molar-refractivity contribution in [1.29, 1.82) is 0 Å². The predicted molar refractivity (Wildman–Crippen MR) is 79.8 cm³/mol. The van der Waals surface area contributed by atoms with Crippen molar-refractivity contribution in [3.8, 4) is 0 Å². The first-order valence-corrected chi connectivity index (χ1v) is 7.14. The van der Waals surface area contributed by atoms with Crippen LogP contribution >= 0.6 is 0 Å². The van der Waals surface area contributed by atoms with Crippen LogP contribution in [0, 0.1) is 0 Å². The first-order valence-electron chi connectivity index (χ1n) is 7.14. The van der Waals surface area contributed by atoms with Crippen LogP contribution in [0.4, 0.5) is 0 Å². The summed E-state index contributed by atoms with van der Waals surface area (Å²) in [5.41, 5.74) is 2.02. The van der Waals surface area contributed by atoms with E-state index in [-0.39, 0.29) is 11.6 Å². The lowest BCUT2D eigenvalue weighted by Gasteiger charge is -2.16. The zero-order valence-electron chi connectivity index (χ0n) is 11.7. The lowest BCUT2D eigenvalue weighted by molar-refractivity contribution is 0.0979.